The number of nitrogens with zero attached hydrogens (tertiary/aromatic N) is 1. The van der Waals surface area contributed by atoms with Gasteiger partial charge in [0.1, 0.15) is 0 Å². The van der Waals surface area contributed by atoms with Crippen LogP contribution in [-0.2, 0) is 19.1 Å². The smallest absolute Gasteiger partial charge is 0.308 e. The molecule has 1 aliphatic rings. The van der Waals surface area contributed by atoms with Gasteiger partial charge in [-0.05, 0) is 35.7 Å². The number of amides is 2. The summed E-state index contributed by atoms with van der Waals surface area (Å²) in [6.45, 7) is 4.07. The predicted octanol–water partition coefficient (Wildman–Crippen LogP) is 3.82. The standard InChI is InChI=1S/C22H24N2O4S/c1-15(2)16-7-9-17(10-8-16)23-20(25)13-28-22(27)11-12-24-18-5-3-4-6-19(18)29-14-21(24)26/h3-10,15H,11-14H2,1-2H3,(H,23,25). The molecule has 0 bridgehead atoms. The first-order valence-electron chi connectivity index (χ1n) is 9.51. The van der Waals surface area contributed by atoms with Crippen molar-refractivity contribution in [3.63, 3.8) is 0 Å². The number of benzene rings is 2. The van der Waals surface area contributed by atoms with Gasteiger partial charge < -0.3 is 15.0 Å². The zero-order chi connectivity index (χ0) is 20.8. The lowest BCUT2D eigenvalue weighted by Gasteiger charge is -2.28. The van der Waals surface area contributed by atoms with E-state index in [-0.39, 0.29) is 25.5 Å². The Labute approximate surface area is 174 Å². The van der Waals surface area contributed by atoms with Crippen molar-refractivity contribution in [2.24, 2.45) is 0 Å². The van der Waals surface area contributed by atoms with Gasteiger partial charge in [0.05, 0.1) is 17.9 Å². The molecule has 2 amide bonds. The third kappa shape index (κ3) is 5.60. The molecule has 0 aliphatic carbocycles. The van der Waals surface area contributed by atoms with Gasteiger partial charge in [0.25, 0.3) is 5.91 Å². The first-order chi connectivity index (χ1) is 13.9. The van der Waals surface area contributed by atoms with E-state index in [0.717, 1.165) is 10.6 Å². The Hall–Kier alpha value is -2.80. The summed E-state index contributed by atoms with van der Waals surface area (Å²) >= 11 is 1.49. The zero-order valence-electron chi connectivity index (χ0n) is 16.5. The summed E-state index contributed by atoms with van der Waals surface area (Å²) < 4.78 is 5.06. The van der Waals surface area contributed by atoms with Gasteiger partial charge in [-0.3, -0.25) is 14.4 Å². The number of ether oxygens (including phenoxy) is 1. The Balaban J connectivity index is 1.45. The monoisotopic (exact) mass is 412 g/mol. The molecule has 0 spiro atoms. The minimum Gasteiger partial charge on any atom is -0.456 e. The maximum absolute atomic E-state index is 12.2. The number of anilines is 2. The number of para-hydroxylation sites is 1. The summed E-state index contributed by atoms with van der Waals surface area (Å²) in [6, 6.07) is 15.2. The largest absolute Gasteiger partial charge is 0.456 e. The molecule has 2 aromatic carbocycles. The Morgan fingerprint density at radius 3 is 2.59 bits per heavy atom. The molecule has 7 heteroatoms. The second-order valence-corrected chi connectivity index (χ2v) is 8.05. The van der Waals surface area contributed by atoms with Gasteiger partial charge in [0, 0.05) is 17.1 Å². The SMILES string of the molecule is CC(C)c1ccc(NC(=O)COC(=O)CCN2C(=O)CSc3ccccc32)cc1. The molecule has 152 valence electrons. The van der Waals surface area contributed by atoms with Crippen LogP contribution in [0.1, 0.15) is 31.7 Å². The van der Waals surface area contributed by atoms with Gasteiger partial charge in [-0.25, -0.2) is 0 Å². The summed E-state index contributed by atoms with van der Waals surface area (Å²) in [5.74, 6) is -0.184. The van der Waals surface area contributed by atoms with Gasteiger partial charge in [-0.1, -0.05) is 38.1 Å². The molecule has 1 aliphatic heterocycles. The number of carbonyl (C=O) groups excluding carboxylic acids is 3. The van der Waals surface area contributed by atoms with Crippen LogP contribution in [0.25, 0.3) is 0 Å². The molecule has 0 unspecified atom stereocenters. The molecule has 0 saturated carbocycles. The van der Waals surface area contributed by atoms with Crippen molar-refractivity contribution in [2.75, 3.05) is 29.1 Å². The lowest BCUT2D eigenvalue weighted by atomic mass is 10.0. The van der Waals surface area contributed by atoms with E-state index in [1.54, 1.807) is 4.90 Å². The molecule has 0 radical (unpaired) electrons. The van der Waals surface area contributed by atoms with Crippen LogP contribution in [0.15, 0.2) is 53.4 Å². The maximum Gasteiger partial charge on any atom is 0.308 e. The number of esters is 1. The first-order valence-corrected chi connectivity index (χ1v) is 10.5. The van der Waals surface area contributed by atoms with Crippen LogP contribution in [0.3, 0.4) is 0 Å². The number of thioether (sulfide) groups is 1. The first kappa shape index (κ1) is 20.9. The Bertz CT molecular complexity index is 896. The van der Waals surface area contributed by atoms with Gasteiger partial charge in [-0.2, -0.15) is 0 Å². The van der Waals surface area contributed by atoms with Crippen LogP contribution in [-0.4, -0.2) is 36.7 Å². The average Bonchev–Trinajstić information content (AvgIpc) is 2.72. The summed E-state index contributed by atoms with van der Waals surface area (Å²) in [7, 11) is 0. The molecule has 0 aromatic heterocycles. The van der Waals surface area contributed by atoms with E-state index < -0.39 is 11.9 Å². The Morgan fingerprint density at radius 2 is 1.86 bits per heavy atom. The second kappa shape index (κ2) is 9.60. The lowest BCUT2D eigenvalue weighted by molar-refractivity contribution is -0.147. The summed E-state index contributed by atoms with van der Waals surface area (Å²) in [6.07, 6.45) is 0.0289. The van der Waals surface area contributed by atoms with Crippen LogP contribution in [0.5, 0.6) is 0 Å². The van der Waals surface area contributed by atoms with Crippen molar-refractivity contribution in [1.29, 1.82) is 0 Å². The van der Waals surface area contributed by atoms with Gasteiger partial charge in [0.2, 0.25) is 5.91 Å². The molecule has 3 rings (SSSR count). The Kier molecular flexibility index (Phi) is 6.93. The third-order valence-corrected chi connectivity index (χ3v) is 5.62. The zero-order valence-corrected chi connectivity index (χ0v) is 17.3. The van der Waals surface area contributed by atoms with Crippen LogP contribution >= 0.6 is 11.8 Å². The molecule has 1 heterocycles. The number of hydrogen-bond acceptors (Lipinski definition) is 5. The molecule has 2 aromatic rings. The summed E-state index contributed by atoms with van der Waals surface area (Å²) in [4.78, 5) is 38.8. The minimum atomic E-state index is -0.515. The van der Waals surface area contributed by atoms with E-state index in [1.807, 2.05) is 48.5 Å². The highest BCUT2D eigenvalue weighted by Crippen LogP contribution is 2.34. The highest BCUT2D eigenvalue weighted by Gasteiger charge is 2.25. The quantitative estimate of drug-likeness (QED) is 0.700. The topological polar surface area (TPSA) is 75.7 Å². The molecule has 6 nitrogen and oxygen atoms in total. The number of hydrogen-bond donors (Lipinski definition) is 1. The molecule has 0 fully saturated rings. The lowest BCUT2D eigenvalue weighted by Crippen LogP contribution is -2.37. The average molecular weight is 413 g/mol. The van der Waals surface area contributed by atoms with Crippen molar-refractivity contribution in [2.45, 2.75) is 31.1 Å². The van der Waals surface area contributed by atoms with Crippen LogP contribution in [0.2, 0.25) is 0 Å². The molecule has 29 heavy (non-hydrogen) atoms. The fraction of sp³-hybridized carbons (Fsp3) is 0.318. The van der Waals surface area contributed by atoms with Gasteiger partial charge in [-0.15, -0.1) is 11.8 Å². The van der Waals surface area contributed by atoms with E-state index >= 15 is 0 Å². The number of nitrogens with one attached hydrogen (secondary N) is 1. The number of rotatable bonds is 7. The predicted molar refractivity (Wildman–Crippen MR) is 114 cm³/mol. The van der Waals surface area contributed by atoms with Crippen molar-refractivity contribution >= 4 is 40.9 Å². The van der Waals surface area contributed by atoms with E-state index in [2.05, 4.69) is 19.2 Å². The van der Waals surface area contributed by atoms with Crippen LogP contribution in [0, 0.1) is 0 Å². The molecule has 0 saturated heterocycles. The van der Waals surface area contributed by atoms with Crippen LogP contribution < -0.4 is 10.2 Å². The van der Waals surface area contributed by atoms with Crippen molar-refractivity contribution in [1.82, 2.24) is 0 Å². The molecule has 0 atom stereocenters. The van der Waals surface area contributed by atoms with Crippen molar-refractivity contribution in [3.8, 4) is 0 Å². The summed E-state index contributed by atoms with van der Waals surface area (Å²) in [5, 5.41) is 2.71. The molecule has 1 N–H and O–H groups in total. The van der Waals surface area contributed by atoms with Crippen molar-refractivity contribution < 1.29 is 19.1 Å². The van der Waals surface area contributed by atoms with Gasteiger partial charge in [0.15, 0.2) is 6.61 Å². The summed E-state index contributed by atoms with van der Waals surface area (Å²) in [5.41, 5.74) is 2.65. The minimum absolute atomic E-state index is 0.0289. The Morgan fingerprint density at radius 1 is 1.14 bits per heavy atom. The number of carbonyl (C=O) groups is 3. The fourth-order valence-corrected chi connectivity index (χ4v) is 3.90. The van der Waals surface area contributed by atoms with Crippen LogP contribution in [0.4, 0.5) is 11.4 Å². The van der Waals surface area contributed by atoms with E-state index in [1.165, 1.54) is 17.3 Å². The number of fused-ring (bicyclic) bond motifs is 1. The van der Waals surface area contributed by atoms with E-state index in [9.17, 15) is 14.4 Å². The van der Waals surface area contributed by atoms with Gasteiger partial charge >= 0.3 is 5.97 Å². The normalized spacial score (nSPS) is 13.2. The van der Waals surface area contributed by atoms with E-state index in [4.69, 9.17) is 4.74 Å². The molecular weight excluding hydrogens is 388 g/mol. The third-order valence-electron chi connectivity index (χ3n) is 4.57. The maximum atomic E-state index is 12.2. The fourth-order valence-electron chi connectivity index (χ4n) is 2.97. The molecular formula is C22H24N2O4S. The highest BCUT2D eigenvalue weighted by atomic mass is 32.2. The second-order valence-electron chi connectivity index (χ2n) is 7.04. The highest BCUT2D eigenvalue weighted by molar-refractivity contribution is 8.00. The van der Waals surface area contributed by atoms with E-state index in [0.29, 0.717) is 17.4 Å². The van der Waals surface area contributed by atoms with Crippen molar-refractivity contribution in [3.05, 3.63) is 54.1 Å².